The van der Waals surface area contributed by atoms with Crippen molar-refractivity contribution in [2.45, 2.75) is 20.0 Å². The van der Waals surface area contributed by atoms with Gasteiger partial charge in [-0.15, -0.1) is 11.3 Å². The van der Waals surface area contributed by atoms with Gasteiger partial charge in [0.15, 0.2) is 0 Å². The highest BCUT2D eigenvalue weighted by molar-refractivity contribution is 7.12. The van der Waals surface area contributed by atoms with Crippen LogP contribution in [0.15, 0.2) is 30.9 Å². The van der Waals surface area contributed by atoms with Gasteiger partial charge in [-0.1, -0.05) is 30.9 Å². The molecule has 1 N–H and O–H groups in total. The van der Waals surface area contributed by atoms with Gasteiger partial charge in [0.25, 0.3) is 0 Å². The predicted octanol–water partition coefficient (Wildman–Crippen LogP) is 3.11. The Hall–Kier alpha value is -1.23. The van der Waals surface area contributed by atoms with Gasteiger partial charge in [0.2, 0.25) is 0 Å². The molecular formula is C14H19NO2S. The molecule has 0 spiro atoms. The Kier molecular flexibility index (Phi) is 6.57. The number of ether oxygens (including phenoxy) is 1. The number of aromatic nitrogens is 1. The smallest absolute Gasteiger partial charge is 0.120 e. The van der Waals surface area contributed by atoms with Crippen LogP contribution in [0.4, 0.5) is 0 Å². The van der Waals surface area contributed by atoms with Crippen molar-refractivity contribution in [3.8, 4) is 0 Å². The van der Waals surface area contributed by atoms with Gasteiger partial charge in [0.05, 0.1) is 23.8 Å². The summed E-state index contributed by atoms with van der Waals surface area (Å²) >= 11 is 1.53. The minimum Gasteiger partial charge on any atom is -0.391 e. The maximum Gasteiger partial charge on any atom is 0.120 e. The lowest BCUT2D eigenvalue weighted by Crippen LogP contribution is -1.84. The SMILES string of the molecule is C=C/C=C(\C/C=C\COC)c1nc(C)c(CO)s1. The highest BCUT2D eigenvalue weighted by atomic mass is 32.1. The van der Waals surface area contributed by atoms with Gasteiger partial charge in [-0.2, -0.15) is 0 Å². The first-order valence-electron chi connectivity index (χ1n) is 5.76. The second-order valence-electron chi connectivity index (χ2n) is 3.74. The molecule has 0 atom stereocenters. The van der Waals surface area contributed by atoms with E-state index in [1.54, 1.807) is 13.2 Å². The number of thiazole rings is 1. The van der Waals surface area contributed by atoms with Crippen LogP contribution in [0.2, 0.25) is 0 Å². The van der Waals surface area contributed by atoms with Crippen LogP contribution in [0.1, 0.15) is 22.0 Å². The summed E-state index contributed by atoms with van der Waals surface area (Å²) in [4.78, 5) is 5.39. The van der Waals surface area contributed by atoms with Crippen molar-refractivity contribution in [1.29, 1.82) is 0 Å². The van der Waals surface area contributed by atoms with Crippen LogP contribution in [-0.2, 0) is 11.3 Å². The average Bonchev–Trinajstić information content (AvgIpc) is 2.74. The molecule has 4 heteroatoms. The van der Waals surface area contributed by atoms with Crippen molar-refractivity contribution >= 4 is 16.9 Å². The second-order valence-corrected chi connectivity index (χ2v) is 4.83. The number of aliphatic hydroxyl groups is 1. The fourth-order valence-electron chi connectivity index (χ4n) is 1.46. The average molecular weight is 265 g/mol. The first kappa shape index (κ1) is 14.8. The van der Waals surface area contributed by atoms with E-state index in [2.05, 4.69) is 11.6 Å². The van der Waals surface area contributed by atoms with E-state index in [9.17, 15) is 5.11 Å². The third-order valence-electron chi connectivity index (χ3n) is 2.40. The molecule has 0 aromatic carbocycles. The maximum atomic E-state index is 9.19. The normalized spacial score (nSPS) is 12.3. The summed E-state index contributed by atoms with van der Waals surface area (Å²) in [5.74, 6) is 0. The lowest BCUT2D eigenvalue weighted by atomic mass is 10.1. The molecular weight excluding hydrogens is 246 g/mol. The zero-order valence-corrected chi connectivity index (χ0v) is 11.7. The molecule has 3 nitrogen and oxygen atoms in total. The molecule has 0 aliphatic rings. The standard InChI is InChI=1S/C14H19NO2S/c1-4-7-12(8-5-6-9-17-3)14-15-11(2)13(10-16)18-14/h4-7,16H,1,8-10H2,2-3H3/b6-5-,12-7+. The summed E-state index contributed by atoms with van der Waals surface area (Å²) < 4.78 is 4.96. The molecule has 1 rings (SSSR count). The van der Waals surface area contributed by atoms with Crippen LogP contribution in [0, 0.1) is 6.92 Å². The molecule has 1 heterocycles. The number of rotatable bonds is 7. The monoisotopic (exact) mass is 265 g/mol. The summed E-state index contributed by atoms with van der Waals surface area (Å²) in [6.45, 7) is 6.29. The maximum absolute atomic E-state index is 9.19. The zero-order valence-electron chi connectivity index (χ0n) is 10.8. The topological polar surface area (TPSA) is 42.4 Å². The molecule has 0 saturated heterocycles. The number of hydrogen-bond donors (Lipinski definition) is 1. The molecule has 0 bridgehead atoms. The number of methoxy groups -OCH3 is 1. The first-order valence-corrected chi connectivity index (χ1v) is 6.57. The molecule has 0 fully saturated rings. The fraction of sp³-hybridized carbons (Fsp3) is 0.357. The number of hydrogen-bond acceptors (Lipinski definition) is 4. The van der Waals surface area contributed by atoms with Crippen molar-refractivity contribution in [3.63, 3.8) is 0 Å². The minimum absolute atomic E-state index is 0.0460. The third-order valence-corrected chi connectivity index (χ3v) is 3.62. The highest BCUT2D eigenvalue weighted by Gasteiger charge is 2.09. The Balaban J connectivity index is 2.84. The number of aryl methyl sites for hydroxylation is 1. The largest absolute Gasteiger partial charge is 0.391 e. The minimum atomic E-state index is 0.0460. The molecule has 18 heavy (non-hydrogen) atoms. The van der Waals surface area contributed by atoms with Gasteiger partial charge in [-0.05, 0) is 18.9 Å². The summed E-state index contributed by atoms with van der Waals surface area (Å²) in [6.07, 6.45) is 8.52. The zero-order chi connectivity index (χ0) is 13.4. The van der Waals surface area contributed by atoms with Crippen LogP contribution >= 0.6 is 11.3 Å². The molecule has 1 aromatic rings. The van der Waals surface area contributed by atoms with Crippen molar-refractivity contribution < 1.29 is 9.84 Å². The molecule has 0 radical (unpaired) electrons. The van der Waals surface area contributed by atoms with Crippen LogP contribution < -0.4 is 0 Å². The van der Waals surface area contributed by atoms with E-state index in [0.29, 0.717) is 6.61 Å². The van der Waals surface area contributed by atoms with Crippen LogP contribution in [0.3, 0.4) is 0 Å². The molecule has 0 aliphatic heterocycles. The van der Waals surface area contributed by atoms with Gasteiger partial charge in [0, 0.05) is 7.11 Å². The van der Waals surface area contributed by atoms with E-state index in [1.807, 2.05) is 25.2 Å². The number of nitrogens with zero attached hydrogens (tertiary/aromatic N) is 1. The third kappa shape index (κ3) is 4.22. The lowest BCUT2D eigenvalue weighted by Gasteiger charge is -1.98. The molecule has 1 aromatic heterocycles. The fourth-order valence-corrected chi connectivity index (χ4v) is 2.41. The van der Waals surface area contributed by atoms with E-state index in [1.165, 1.54) is 11.3 Å². The van der Waals surface area contributed by atoms with Gasteiger partial charge in [-0.3, -0.25) is 0 Å². The van der Waals surface area contributed by atoms with E-state index < -0.39 is 0 Å². The van der Waals surface area contributed by atoms with Gasteiger partial charge in [0.1, 0.15) is 5.01 Å². The van der Waals surface area contributed by atoms with Crippen LogP contribution in [0.25, 0.3) is 5.57 Å². The Bertz CT molecular complexity index is 447. The highest BCUT2D eigenvalue weighted by Crippen LogP contribution is 2.27. The summed E-state index contributed by atoms with van der Waals surface area (Å²) in [5.41, 5.74) is 2.00. The number of allylic oxidation sites excluding steroid dienone is 4. The van der Waals surface area contributed by atoms with Crippen molar-refractivity contribution in [2.24, 2.45) is 0 Å². The molecule has 98 valence electrons. The molecule has 0 unspecified atom stereocenters. The predicted molar refractivity (Wildman–Crippen MR) is 76.6 cm³/mol. The molecule has 0 amide bonds. The Labute approximate surface area is 112 Å². The van der Waals surface area contributed by atoms with Gasteiger partial charge < -0.3 is 9.84 Å². The summed E-state index contributed by atoms with van der Waals surface area (Å²) in [6, 6.07) is 0. The summed E-state index contributed by atoms with van der Waals surface area (Å²) in [5, 5.41) is 10.1. The lowest BCUT2D eigenvalue weighted by molar-refractivity contribution is 0.233. The molecule has 0 saturated carbocycles. The Morgan fingerprint density at radius 1 is 1.50 bits per heavy atom. The Morgan fingerprint density at radius 3 is 2.83 bits per heavy atom. The van der Waals surface area contributed by atoms with E-state index in [0.717, 1.165) is 27.6 Å². The van der Waals surface area contributed by atoms with Crippen LogP contribution in [-0.4, -0.2) is 23.8 Å². The molecule has 0 aliphatic carbocycles. The van der Waals surface area contributed by atoms with Crippen molar-refractivity contribution in [2.75, 3.05) is 13.7 Å². The quantitative estimate of drug-likeness (QED) is 0.608. The van der Waals surface area contributed by atoms with E-state index in [4.69, 9.17) is 4.74 Å². The van der Waals surface area contributed by atoms with Gasteiger partial charge in [-0.25, -0.2) is 4.98 Å². The number of aliphatic hydroxyl groups excluding tert-OH is 1. The first-order chi connectivity index (χ1) is 8.72. The van der Waals surface area contributed by atoms with Crippen molar-refractivity contribution in [3.05, 3.63) is 46.5 Å². The Morgan fingerprint density at radius 2 is 2.28 bits per heavy atom. The van der Waals surface area contributed by atoms with E-state index in [-0.39, 0.29) is 6.61 Å². The van der Waals surface area contributed by atoms with E-state index >= 15 is 0 Å². The van der Waals surface area contributed by atoms with Gasteiger partial charge >= 0.3 is 0 Å². The van der Waals surface area contributed by atoms with Crippen molar-refractivity contribution in [1.82, 2.24) is 4.98 Å². The summed E-state index contributed by atoms with van der Waals surface area (Å²) in [7, 11) is 1.67. The second kappa shape index (κ2) is 7.97. The van der Waals surface area contributed by atoms with Crippen LogP contribution in [0.5, 0.6) is 0 Å².